The van der Waals surface area contributed by atoms with Crippen molar-refractivity contribution in [2.75, 3.05) is 0 Å². The summed E-state index contributed by atoms with van der Waals surface area (Å²) >= 11 is 0. The van der Waals surface area contributed by atoms with Crippen LogP contribution in [0.15, 0.2) is 30.3 Å². The average molecular weight is 394 g/mol. The van der Waals surface area contributed by atoms with Gasteiger partial charge in [0.1, 0.15) is 5.60 Å². The third kappa shape index (κ3) is 7.66. The number of benzene rings is 1. The molecular formula is C22H39NO3Si. The topological polar surface area (TPSA) is 47.6 Å². The lowest BCUT2D eigenvalue weighted by Crippen LogP contribution is -2.48. The van der Waals surface area contributed by atoms with Gasteiger partial charge in [0.25, 0.3) is 0 Å². The first-order valence-electron chi connectivity index (χ1n) is 9.99. The smallest absolute Gasteiger partial charge is 0.407 e. The first-order valence-corrected chi connectivity index (χ1v) is 12.9. The Morgan fingerprint density at radius 3 is 2.07 bits per heavy atom. The number of carbonyl (C=O) groups excluding carboxylic acids is 1. The molecule has 5 heteroatoms. The van der Waals surface area contributed by atoms with Gasteiger partial charge < -0.3 is 14.5 Å². The van der Waals surface area contributed by atoms with Crippen LogP contribution in [-0.4, -0.2) is 26.1 Å². The molecule has 0 aliphatic heterocycles. The van der Waals surface area contributed by atoms with E-state index in [4.69, 9.17) is 9.16 Å². The monoisotopic (exact) mass is 393 g/mol. The van der Waals surface area contributed by atoms with Crippen LogP contribution in [0.1, 0.15) is 73.0 Å². The van der Waals surface area contributed by atoms with E-state index >= 15 is 0 Å². The van der Waals surface area contributed by atoms with E-state index in [1.165, 1.54) is 0 Å². The number of amides is 1. The quantitative estimate of drug-likeness (QED) is 0.542. The Labute approximate surface area is 167 Å². The lowest BCUT2D eigenvalue weighted by Gasteiger charge is -2.42. The molecule has 2 atom stereocenters. The van der Waals surface area contributed by atoms with Crippen molar-refractivity contribution in [2.45, 2.75) is 97.2 Å². The summed E-state index contributed by atoms with van der Waals surface area (Å²) < 4.78 is 12.3. The standard InChI is InChI=1S/C22H39NO3Si/c1-10-14-18(23-20(24)25-21(2,3)4)19(17-15-12-11-13-16-17)26-27(8,9)22(5,6)7/h11-13,15-16,18-19H,10,14H2,1-9H3,(H,23,24)/t18?,19-/m1/s1. The highest BCUT2D eigenvalue weighted by molar-refractivity contribution is 6.74. The fraction of sp³-hybridized carbons (Fsp3) is 0.682. The van der Waals surface area contributed by atoms with Crippen molar-refractivity contribution in [2.24, 2.45) is 0 Å². The highest BCUT2D eigenvalue weighted by atomic mass is 28.4. The molecule has 1 rings (SSSR count). The molecule has 0 saturated heterocycles. The van der Waals surface area contributed by atoms with Gasteiger partial charge in [-0.05, 0) is 50.9 Å². The first-order chi connectivity index (χ1) is 12.3. The summed E-state index contributed by atoms with van der Waals surface area (Å²) in [6.45, 7) is 19.0. The Balaban J connectivity index is 3.18. The SMILES string of the molecule is CCCC(NC(=O)OC(C)(C)C)[C@H](O[Si](C)(C)C(C)(C)C)c1ccccc1. The molecule has 27 heavy (non-hydrogen) atoms. The molecule has 0 bridgehead atoms. The van der Waals surface area contributed by atoms with Crippen molar-refractivity contribution in [3.8, 4) is 0 Å². The Hall–Kier alpha value is -1.33. The number of rotatable bonds is 7. The molecule has 0 radical (unpaired) electrons. The first kappa shape index (κ1) is 23.7. The van der Waals surface area contributed by atoms with Crippen LogP contribution in [0, 0.1) is 0 Å². The predicted molar refractivity (Wildman–Crippen MR) is 116 cm³/mol. The molecule has 0 aliphatic rings. The van der Waals surface area contributed by atoms with Crippen LogP contribution < -0.4 is 5.32 Å². The lowest BCUT2D eigenvalue weighted by molar-refractivity contribution is 0.0425. The van der Waals surface area contributed by atoms with Crippen LogP contribution in [0.4, 0.5) is 4.79 Å². The molecule has 0 aliphatic carbocycles. The van der Waals surface area contributed by atoms with E-state index in [1.807, 2.05) is 39.0 Å². The van der Waals surface area contributed by atoms with Gasteiger partial charge in [-0.15, -0.1) is 0 Å². The molecule has 0 spiro atoms. The van der Waals surface area contributed by atoms with E-state index in [0.717, 1.165) is 18.4 Å². The van der Waals surface area contributed by atoms with E-state index in [2.05, 4.69) is 58.2 Å². The predicted octanol–water partition coefficient (Wildman–Crippen LogP) is 6.44. The summed E-state index contributed by atoms with van der Waals surface area (Å²) in [4.78, 5) is 12.5. The van der Waals surface area contributed by atoms with Crippen LogP contribution in [0.2, 0.25) is 18.1 Å². The van der Waals surface area contributed by atoms with Crippen molar-refractivity contribution < 1.29 is 14.0 Å². The van der Waals surface area contributed by atoms with Crippen LogP contribution in [0.5, 0.6) is 0 Å². The highest BCUT2D eigenvalue weighted by Crippen LogP contribution is 2.41. The number of nitrogens with one attached hydrogen (secondary N) is 1. The van der Waals surface area contributed by atoms with Crippen molar-refractivity contribution in [1.29, 1.82) is 0 Å². The second-order valence-corrected chi connectivity index (χ2v) is 14.5. The molecule has 0 heterocycles. The second-order valence-electron chi connectivity index (χ2n) is 9.75. The number of hydrogen-bond donors (Lipinski definition) is 1. The van der Waals surface area contributed by atoms with Crippen LogP contribution in [0.3, 0.4) is 0 Å². The van der Waals surface area contributed by atoms with Gasteiger partial charge in [0.15, 0.2) is 8.32 Å². The normalized spacial score (nSPS) is 15.1. The summed E-state index contributed by atoms with van der Waals surface area (Å²) in [7, 11) is -2.03. The number of hydrogen-bond acceptors (Lipinski definition) is 3. The molecule has 154 valence electrons. The summed E-state index contributed by atoms with van der Waals surface area (Å²) in [5.41, 5.74) is 0.570. The Bertz CT molecular complexity index is 588. The van der Waals surface area contributed by atoms with Gasteiger partial charge in [0.2, 0.25) is 0 Å². The maximum atomic E-state index is 12.5. The highest BCUT2D eigenvalue weighted by Gasteiger charge is 2.41. The van der Waals surface area contributed by atoms with Crippen molar-refractivity contribution in [1.82, 2.24) is 5.32 Å². The van der Waals surface area contributed by atoms with Gasteiger partial charge in [-0.25, -0.2) is 4.79 Å². The summed E-state index contributed by atoms with van der Waals surface area (Å²) in [5.74, 6) is 0. The Kier molecular flexibility index (Phi) is 8.11. The average Bonchev–Trinajstić information content (AvgIpc) is 2.50. The van der Waals surface area contributed by atoms with Crippen molar-refractivity contribution in [3.63, 3.8) is 0 Å². The molecule has 0 saturated carbocycles. The minimum Gasteiger partial charge on any atom is -0.444 e. The third-order valence-electron chi connectivity index (χ3n) is 5.02. The van der Waals surface area contributed by atoms with Gasteiger partial charge in [-0.2, -0.15) is 0 Å². The Morgan fingerprint density at radius 2 is 1.63 bits per heavy atom. The van der Waals surface area contributed by atoms with Gasteiger partial charge in [0, 0.05) is 0 Å². The van der Waals surface area contributed by atoms with Crippen LogP contribution in [-0.2, 0) is 9.16 Å². The number of carbonyl (C=O) groups is 1. The van der Waals surface area contributed by atoms with E-state index < -0.39 is 13.9 Å². The summed E-state index contributed by atoms with van der Waals surface area (Å²) in [6.07, 6.45) is 1.19. The van der Waals surface area contributed by atoms with E-state index in [-0.39, 0.29) is 23.3 Å². The lowest BCUT2D eigenvalue weighted by atomic mass is 9.99. The van der Waals surface area contributed by atoms with Crippen molar-refractivity contribution >= 4 is 14.4 Å². The van der Waals surface area contributed by atoms with Gasteiger partial charge in [0.05, 0.1) is 12.1 Å². The van der Waals surface area contributed by atoms with E-state index in [9.17, 15) is 4.79 Å². The molecule has 0 aromatic heterocycles. The molecule has 1 N–H and O–H groups in total. The summed E-state index contributed by atoms with van der Waals surface area (Å²) in [5, 5.41) is 3.17. The largest absolute Gasteiger partial charge is 0.444 e. The number of ether oxygens (including phenoxy) is 1. The molecule has 1 unspecified atom stereocenters. The summed E-state index contributed by atoms with van der Waals surface area (Å²) in [6, 6.07) is 10.1. The van der Waals surface area contributed by atoms with Crippen LogP contribution in [0.25, 0.3) is 0 Å². The maximum absolute atomic E-state index is 12.5. The van der Waals surface area contributed by atoms with Crippen LogP contribution >= 0.6 is 0 Å². The minimum atomic E-state index is -2.03. The molecular weight excluding hydrogens is 354 g/mol. The molecule has 1 aromatic rings. The third-order valence-corrected chi connectivity index (χ3v) is 9.48. The second kappa shape index (κ2) is 9.24. The zero-order chi connectivity index (χ0) is 20.9. The zero-order valence-electron chi connectivity index (χ0n) is 18.7. The fourth-order valence-corrected chi connectivity index (χ4v) is 3.88. The molecule has 1 aromatic carbocycles. The molecule has 1 amide bonds. The van der Waals surface area contributed by atoms with E-state index in [1.54, 1.807) is 0 Å². The number of alkyl carbamates (subject to hydrolysis) is 1. The Morgan fingerprint density at radius 1 is 1.07 bits per heavy atom. The fourth-order valence-electron chi connectivity index (χ4n) is 2.59. The van der Waals surface area contributed by atoms with Crippen molar-refractivity contribution in [3.05, 3.63) is 35.9 Å². The van der Waals surface area contributed by atoms with Gasteiger partial charge >= 0.3 is 6.09 Å². The van der Waals surface area contributed by atoms with Gasteiger partial charge in [-0.3, -0.25) is 0 Å². The van der Waals surface area contributed by atoms with E-state index in [0.29, 0.717) is 0 Å². The molecule has 0 fully saturated rings. The maximum Gasteiger partial charge on any atom is 0.407 e. The van der Waals surface area contributed by atoms with Gasteiger partial charge in [-0.1, -0.05) is 64.4 Å². The zero-order valence-corrected chi connectivity index (χ0v) is 19.7. The minimum absolute atomic E-state index is 0.0860. The molecule has 4 nitrogen and oxygen atoms in total.